The number of ether oxygens (including phenoxy) is 1. The number of nitrogens with one attached hydrogen (secondary N) is 1. The third-order valence-electron chi connectivity index (χ3n) is 3.83. The summed E-state index contributed by atoms with van der Waals surface area (Å²) < 4.78 is 31.8. The van der Waals surface area contributed by atoms with E-state index in [4.69, 9.17) is 4.74 Å². The van der Waals surface area contributed by atoms with Crippen molar-refractivity contribution in [2.45, 2.75) is 25.2 Å². The van der Waals surface area contributed by atoms with Crippen molar-refractivity contribution in [3.05, 3.63) is 29.8 Å². The van der Waals surface area contributed by atoms with Crippen LogP contribution >= 0.6 is 0 Å². The Morgan fingerprint density at radius 1 is 1.29 bits per heavy atom. The lowest BCUT2D eigenvalue weighted by Gasteiger charge is -2.31. The number of hydrogen-bond donors (Lipinski definition) is 1. The fraction of sp³-hybridized carbons (Fsp3) is 0.625. The molecule has 1 aliphatic rings. The van der Waals surface area contributed by atoms with E-state index in [0.29, 0.717) is 26.2 Å². The van der Waals surface area contributed by atoms with Gasteiger partial charge in [0.1, 0.15) is 12.4 Å². The molecular formula is C16H24F2N2O. The summed E-state index contributed by atoms with van der Waals surface area (Å²) in [6, 6.07) is 8.05. The van der Waals surface area contributed by atoms with Gasteiger partial charge in [-0.25, -0.2) is 8.78 Å². The minimum absolute atomic E-state index is 0.0352. The van der Waals surface area contributed by atoms with Crippen LogP contribution in [0.1, 0.15) is 18.4 Å². The summed E-state index contributed by atoms with van der Waals surface area (Å²) in [5, 5.41) is 3.12. The summed E-state index contributed by atoms with van der Waals surface area (Å²) in [6.07, 6.45) is 0.897. The van der Waals surface area contributed by atoms with Crippen LogP contribution in [0.15, 0.2) is 24.3 Å². The van der Waals surface area contributed by atoms with E-state index in [2.05, 4.69) is 11.4 Å². The van der Waals surface area contributed by atoms with Crippen LogP contribution in [0.2, 0.25) is 0 Å². The molecule has 1 aromatic rings. The Labute approximate surface area is 125 Å². The topological polar surface area (TPSA) is 24.5 Å². The molecule has 1 saturated heterocycles. The lowest BCUT2D eigenvalue weighted by Crippen LogP contribution is -2.41. The van der Waals surface area contributed by atoms with E-state index in [1.54, 1.807) is 0 Å². The smallest absolute Gasteiger partial charge is 0.250 e. The fourth-order valence-corrected chi connectivity index (χ4v) is 2.46. The summed E-state index contributed by atoms with van der Waals surface area (Å²) in [5.41, 5.74) is 1.24. The Morgan fingerprint density at radius 2 is 2.05 bits per heavy atom. The molecule has 0 radical (unpaired) electrons. The summed E-state index contributed by atoms with van der Waals surface area (Å²) in [6.45, 7) is 3.10. The van der Waals surface area contributed by atoms with E-state index in [1.165, 1.54) is 5.56 Å². The second-order valence-electron chi connectivity index (χ2n) is 5.55. The second kappa shape index (κ2) is 7.71. The normalized spacial score (nSPS) is 18.6. The second-order valence-corrected chi connectivity index (χ2v) is 5.55. The molecule has 0 aromatic heterocycles. The molecule has 5 heteroatoms. The van der Waals surface area contributed by atoms with E-state index >= 15 is 0 Å². The highest BCUT2D eigenvalue weighted by molar-refractivity contribution is 5.28. The zero-order chi connectivity index (χ0) is 15.1. The van der Waals surface area contributed by atoms with Crippen molar-refractivity contribution in [2.75, 3.05) is 39.8 Å². The van der Waals surface area contributed by atoms with Gasteiger partial charge >= 0.3 is 0 Å². The van der Waals surface area contributed by atoms with Gasteiger partial charge in [-0.3, -0.25) is 4.90 Å². The standard InChI is InChI=1S/C16H24F2N2O/c1-19-8-5-14-3-2-4-15(13-14)21-12-11-20-9-6-16(17,18)7-10-20/h2-4,13,19H,5-12H2,1H3. The summed E-state index contributed by atoms with van der Waals surface area (Å²) in [5.74, 6) is -1.62. The Kier molecular flexibility index (Phi) is 5.94. The molecule has 21 heavy (non-hydrogen) atoms. The first-order valence-corrected chi connectivity index (χ1v) is 7.56. The van der Waals surface area contributed by atoms with Crippen LogP contribution in [0.3, 0.4) is 0 Å². The molecule has 0 unspecified atom stereocenters. The number of alkyl halides is 2. The molecule has 0 atom stereocenters. The van der Waals surface area contributed by atoms with Crippen LogP contribution in [0.25, 0.3) is 0 Å². The molecule has 0 aliphatic carbocycles. The molecule has 118 valence electrons. The molecule has 1 aliphatic heterocycles. The van der Waals surface area contributed by atoms with E-state index in [-0.39, 0.29) is 12.8 Å². The van der Waals surface area contributed by atoms with Crippen molar-refractivity contribution in [2.24, 2.45) is 0 Å². The highest BCUT2D eigenvalue weighted by Crippen LogP contribution is 2.27. The van der Waals surface area contributed by atoms with Crippen molar-refractivity contribution in [3.8, 4) is 5.75 Å². The molecule has 1 heterocycles. The van der Waals surface area contributed by atoms with Gasteiger partial charge in [-0.1, -0.05) is 12.1 Å². The third kappa shape index (κ3) is 5.59. The molecule has 2 rings (SSSR count). The number of hydrogen-bond acceptors (Lipinski definition) is 3. The molecule has 0 saturated carbocycles. The van der Waals surface area contributed by atoms with Crippen LogP contribution in [-0.2, 0) is 6.42 Å². The van der Waals surface area contributed by atoms with Crippen LogP contribution < -0.4 is 10.1 Å². The maximum absolute atomic E-state index is 13.0. The van der Waals surface area contributed by atoms with Gasteiger partial charge in [0.25, 0.3) is 5.92 Å². The van der Waals surface area contributed by atoms with Crippen molar-refractivity contribution >= 4 is 0 Å². The minimum atomic E-state index is -2.47. The Bertz CT molecular complexity index is 430. The number of likely N-dealkylation sites (N-methyl/N-ethyl adjacent to an activating group) is 1. The van der Waals surface area contributed by atoms with Gasteiger partial charge < -0.3 is 10.1 Å². The third-order valence-corrected chi connectivity index (χ3v) is 3.83. The summed E-state index contributed by atoms with van der Waals surface area (Å²) in [4.78, 5) is 2.04. The van der Waals surface area contributed by atoms with Gasteiger partial charge in [0.2, 0.25) is 0 Å². The van der Waals surface area contributed by atoms with Gasteiger partial charge in [0, 0.05) is 32.5 Å². The average Bonchev–Trinajstić information content (AvgIpc) is 2.47. The number of benzene rings is 1. The van der Waals surface area contributed by atoms with Gasteiger partial charge in [-0.05, 0) is 37.7 Å². The average molecular weight is 298 g/mol. The van der Waals surface area contributed by atoms with Crippen molar-refractivity contribution in [3.63, 3.8) is 0 Å². The highest BCUT2D eigenvalue weighted by atomic mass is 19.3. The number of likely N-dealkylation sites (tertiary alicyclic amines) is 1. The van der Waals surface area contributed by atoms with Gasteiger partial charge in [-0.2, -0.15) is 0 Å². The number of rotatable bonds is 7. The molecule has 1 fully saturated rings. The Hall–Kier alpha value is -1.20. The van der Waals surface area contributed by atoms with Gasteiger partial charge in [-0.15, -0.1) is 0 Å². The Morgan fingerprint density at radius 3 is 2.76 bits per heavy atom. The summed E-state index contributed by atoms with van der Waals surface area (Å²) >= 11 is 0. The molecular weight excluding hydrogens is 274 g/mol. The minimum Gasteiger partial charge on any atom is -0.492 e. The molecule has 0 bridgehead atoms. The first kappa shape index (κ1) is 16.2. The van der Waals surface area contributed by atoms with E-state index in [0.717, 1.165) is 18.7 Å². The largest absolute Gasteiger partial charge is 0.492 e. The van der Waals surface area contributed by atoms with Crippen LogP contribution in [0.4, 0.5) is 8.78 Å². The van der Waals surface area contributed by atoms with E-state index in [9.17, 15) is 8.78 Å². The zero-order valence-electron chi connectivity index (χ0n) is 12.6. The van der Waals surface area contributed by atoms with E-state index < -0.39 is 5.92 Å². The van der Waals surface area contributed by atoms with Crippen LogP contribution in [0.5, 0.6) is 5.75 Å². The zero-order valence-corrected chi connectivity index (χ0v) is 12.6. The Balaban J connectivity index is 1.71. The maximum atomic E-state index is 13.0. The lowest BCUT2D eigenvalue weighted by molar-refractivity contribution is -0.0564. The van der Waals surface area contributed by atoms with Gasteiger partial charge in [0.15, 0.2) is 0 Å². The SMILES string of the molecule is CNCCc1cccc(OCCN2CCC(F)(F)CC2)c1. The quantitative estimate of drug-likeness (QED) is 0.837. The van der Waals surface area contributed by atoms with Crippen molar-refractivity contribution < 1.29 is 13.5 Å². The fourth-order valence-electron chi connectivity index (χ4n) is 2.46. The molecule has 1 aromatic carbocycles. The highest BCUT2D eigenvalue weighted by Gasteiger charge is 2.33. The first-order chi connectivity index (χ1) is 10.1. The number of piperidine rings is 1. The molecule has 3 nitrogen and oxygen atoms in total. The maximum Gasteiger partial charge on any atom is 0.250 e. The van der Waals surface area contributed by atoms with Gasteiger partial charge in [0.05, 0.1) is 0 Å². The van der Waals surface area contributed by atoms with E-state index in [1.807, 2.05) is 30.1 Å². The monoisotopic (exact) mass is 298 g/mol. The number of nitrogens with zero attached hydrogens (tertiary/aromatic N) is 1. The van der Waals surface area contributed by atoms with Crippen LogP contribution in [0, 0.1) is 0 Å². The molecule has 0 spiro atoms. The summed E-state index contributed by atoms with van der Waals surface area (Å²) in [7, 11) is 1.93. The molecule has 1 N–H and O–H groups in total. The lowest BCUT2D eigenvalue weighted by atomic mass is 10.1. The number of halogens is 2. The van der Waals surface area contributed by atoms with Crippen LogP contribution in [-0.4, -0.2) is 50.7 Å². The van der Waals surface area contributed by atoms with Crippen molar-refractivity contribution in [1.29, 1.82) is 0 Å². The molecule has 0 amide bonds. The predicted octanol–water partition coefficient (Wildman–Crippen LogP) is 2.56. The first-order valence-electron chi connectivity index (χ1n) is 7.56. The van der Waals surface area contributed by atoms with Crippen molar-refractivity contribution in [1.82, 2.24) is 10.2 Å². The predicted molar refractivity (Wildman–Crippen MR) is 80.2 cm³/mol.